The zero-order chi connectivity index (χ0) is 10.3. The molecule has 0 aromatic carbocycles. The Morgan fingerprint density at radius 1 is 1.43 bits per heavy atom. The van der Waals surface area contributed by atoms with Crippen LogP contribution in [0.4, 0.5) is 0 Å². The van der Waals surface area contributed by atoms with Crippen molar-refractivity contribution in [3.63, 3.8) is 0 Å². The summed E-state index contributed by atoms with van der Waals surface area (Å²) in [6.07, 6.45) is 0. The molecule has 4 nitrogen and oxygen atoms in total. The second-order valence-electron chi connectivity index (χ2n) is 3.31. The lowest BCUT2D eigenvalue weighted by Gasteiger charge is -2.00. The molecule has 14 heavy (non-hydrogen) atoms. The molecule has 0 saturated heterocycles. The standard InChI is InChI=1S/C10H12N4/c1-6-4-3-5-8-9(10(11)12)13-7(2)14(6)8/h3-5H,1-2H3,(H3,11,12). The summed E-state index contributed by atoms with van der Waals surface area (Å²) in [4.78, 5) is 4.26. The topological polar surface area (TPSA) is 67.2 Å². The van der Waals surface area contributed by atoms with Gasteiger partial charge >= 0.3 is 0 Å². The Bertz CT molecular complexity index is 510. The van der Waals surface area contributed by atoms with Crippen LogP contribution in [0.3, 0.4) is 0 Å². The second-order valence-corrected chi connectivity index (χ2v) is 3.31. The summed E-state index contributed by atoms with van der Waals surface area (Å²) in [5.74, 6) is 0.879. The minimum Gasteiger partial charge on any atom is -0.382 e. The highest BCUT2D eigenvalue weighted by atomic mass is 15.0. The van der Waals surface area contributed by atoms with Crippen molar-refractivity contribution < 1.29 is 0 Å². The maximum absolute atomic E-state index is 7.40. The monoisotopic (exact) mass is 188 g/mol. The van der Waals surface area contributed by atoms with Gasteiger partial charge in [-0.2, -0.15) is 0 Å². The van der Waals surface area contributed by atoms with E-state index in [0.717, 1.165) is 17.0 Å². The van der Waals surface area contributed by atoms with Crippen molar-refractivity contribution in [2.45, 2.75) is 13.8 Å². The average Bonchev–Trinajstić information content (AvgIpc) is 2.45. The summed E-state index contributed by atoms with van der Waals surface area (Å²) >= 11 is 0. The van der Waals surface area contributed by atoms with E-state index in [-0.39, 0.29) is 5.84 Å². The molecule has 0 aliphatic rings. The smallest absolute Gasteiger partial charge is 0.144 e. The zero-order valence-corrected chi connectivity index (χ0v) is 8.20. The van der Waals surface area contributed by atoms with Gasteiger partial charge in [-0.1, -0.05) is 6.07 Å². The molecule has 0 amide bonds. The van der Waals surface area contributed by atoms with Crippen molar-refractivity contribution in [1.82, 2.24) is 9.38 Å². The normalized spacial score (nSPS) is 10.7. The van der Waals surface area contributed by atoms with Crippen molar-refractivity contribution in [3.05, 3.63) is 35.4 Å². The fourth-order valence-electron chi connectivity index (χ4n) is 1.70. The molecule has 2 aromatic rings. The predicted molar refractivity (Wildman–Crippen MR) is 55.7 cm³/mol. The van der Waals surface area contributed by atoms with Gasteiger partial charge < -0.3 is 10.1 Å². The predicted octanol–water partition coefficient (Wildman–Crippen LogP) is 1.24. The number of hydrogen-bond donors (Lipinski definition) is 2. The third kappa shape index (κ3) is 1.08. The molecule has 0 fully saturated rings. The Hall–Kier alpha value is -1.84. The van der Waals surface area contributed by atoms with E-state index >= 15 is 0 Å². The van der Waals surface area contributed by atoms with Crippen LogP contribution in [0.1, 0.15) is 17.2 Å². The summed E-state index contributed by atoms with van der Waals surface area (Å²) in [5.41, 5.74) is 8.01. The van der Waals surface area contributed by atoms with Crippen LogP contribution in [0, 0.1) is 19.3 Å². The Morgan fingerprint density at radius 3 is 2.79 bits per heavy atom. The van der Waals surface area contributed by atoms with Crippen LogP contribution in [0.5, 0.6) is 0 Å². The molecule has 4 heteroatoms. The lowest BCUT2D eigenvalue weighted by atomic mass is 10.3. The number of pyridine rings is 1. The number of hydrogen-bond acceptors (Lipinski definition) is 2. The maximum atomic E-state index is 7.40. The number of nitrogens with two attached hydrogens (primary N) is 1. The van der Waals surface area contributed by atoms with Gasteiger partial charge in [0.05, 0.1) is 5.52 Å². The largest absolute Gasteiger partial charge is 0.382 e. The number of fused-ring (bicyclic) bond motifs is 1. The van der Waals surface area contributed by atoms with Crippen LogP contribution in [-0.2, 0) is 0 Å². The summed E-state index contributed by atoms with van der Waals surface area (Å²) < 4.78 is 2.00. The van der Waals surface area contributed by atoms with Gasteiger partial charge in [-0.3, -0.25) is 5.41 Å². The van der Waals surface area contributed by atoms with Crippen molar-refractivity contribution in [2.24, 2.45) is 5.73 Å². The van der Waals surface area contributed by atoms with Crippen molar-refractivity contribution in [3.8, 4) is 0 Å². The highest BCUT2D eigenvalue weighted by Crippen LogP contribution is 2.14. The first-order valence-corrected chi connectivity index (χ1v) is 4.40. The number of nitrogens with zero attached hydrogens (tertiary/aromatic N) is 2. The third-order valence-electron chi connectivity index (χ3n) is 2.28. The number of nitrogen functional groups attached to an aromatic ring is 1. The lowest BCUT2D eigenvalue weighted by molar-refractivity contribution is 0.995. The molecule has 0 spiro atoms. The molecule has 72 valence electrons. The molecule has 0 aliphatic carbocycles. The second kappa shape index (κ2) is 2.83. The highest BCUT2D eigenvalue weighted by molar-refractivity contribution is 5.99. The van der Waals surface area contributed by atoms with Gasteiger partial charge in [0.2, 0.25) is 0 Å². The average molecular weight is 188 g/mol. The molecular weight excluding hydrogens is 176 g/mol. The quantitative estimate of drug-likeness (QED) is 0.522. The van der Waals surface area contributed by atoms with E-state index in [2.05, 4.69) is 4.98 Å². The molecule has 0 bridgehead atoms. The molecule has 0 saturated carbocycles. The number of rotatable bonds is 1. The molecule has 0 radical (unpaired) electrons. The van der Waals surface area contributed by atoms with Gasteiger partial charge in [-0.25, -0.2) is 4.98 Å². The summed E-state index contributed by atoms with van der Waals surface area (Å²) in [6.45, 7) is 3.91. The number of aryl methyl sites for hydroxylation is 2. The van der Waals surface area contributed by atoms with Crippen LogP contribution < -0.4 is 5.73 Å². The Morgan fingerprint density at radius 2 is 2.14 bits per heavy atom. The summed E-state index contributed by atoms with van der Waals surface area (Å²) in [5, 5.41) is 7.40. The minimum atomic E-state index is 0.0150. The Balaban J connectivity index is 2.91. The van der Waals surface area contributed by atoms with Crippen LogP contribution in [0.2, 0.25) is 0 Å². The molecule has 0 atom stereocenters. The van der Waals surface area contributed by atoms with E-state index in [1.54, 1.807) is 0 Å². The molecular formula is C10H12N4. The number of amidine groups is 1. The number of aromatic nitrogens is 2. The maximum Gasteiger partial charge on any atom is 0.144 e. The first-order valence-electron chi connectivity index (χ1n) is 4.40. The molecule has 2 heterocycles. The summed E-state index contributed by atoms with van der Waals surface area (Å²) in [6, 6.07) is 5.87. The van der Waals surface area contributed by atoms with E-state index in [4.69, 9.17) is 11.1 Å². The zero-order valence-electron chi connectivity index (χ0n) is 8.20. The van der Waals surface area contributed by atoms with Crippen LogP contribution in [-0.4, -0.2) is 15.2 Å². The van der Waals surface area contributed by atoms with Crippen molar-refractivity contribution >= 4 is 11.4 Å². The fraction of sp³-hybridized carbons (Fsp3) is 0.200. The van der Waals surface area contributed by atoms with E-state index in [1.165, 1.54) is 0 Å². The van der Waals surface area contributed by atoms with Crippen LogP contribution in [0.15, 0.2) is 18.2 Å². The van der Waals surface area contributed by atoms with Gasteiger partial charge in [-0.15, -0.1) is 0 Å². The van der Waals surface area contributed by atoms with E-state index in [0.29, 0.717) is 5.69 Å². The van der Waals surface area contributed by atoms with Gasteiger partial charge in [0.15, 0.2) is 0 Å². The van der Waals surface area contributed by atoms with Gasteiger partial charge in [0.25, 0.3) is 0 Å². The van der Waals surface area contributed by atoms with E-state index < -0.39 is 0 Å². The molecule has 3 N–H and O–H groups in total. The third-order valence-corrected chi connectivity index (χ3v) is 2.28. The minimum absolute atomic E-state index is 0.0150. The van der Waals surface area contributed by atoms with E-state index in [1.807, 2.05) is 36.4 Å². The Labute approximate surface area is 81.9 Å². The van der Waals surface area contributed by atoms with Crippen molar-refractivity contribution in [2.75, 3.05) is 0 Å². The van der Waals surface area contributed by atoms with E-state index in [9.17, 15) is 0 Å². The first kappa shape index (κ1) is 8.74. The molecule has 2 rings (SSSR count). The number of nitrogens with one attached hydrogen (secondary N) is 1. The SMILES string of the molecule is Cc1cccc2c(C(=N)N)nc(C)n12. The van der Waals surface area contributed by atoms with Gasteiger partial charge in [0, 0.05) is 5.69 Å². The molecule has 0 aliphatic heterocycles. The number of imidazole rings is 1. The van der Waals surface area contributed by atoms with Gasteiger partial charge in [-0.05, 0) is 26.0 Å². The van der Waals surface area contributed by atoms with Gasteiger partial charge in [0.1, 0.15) is 17.4 Å². The van der Waals surface area contributed by atoms with Crippen LogP contribution in [0.25, 0.3) is 5.52 Å². The van der Waals surface area contributed by atoms with Crippen molar-refractivity contribution in [1.29, 1.82) is 5.41 Å². The lowest BCUT2D eigenvalue weighted by Crippen LogP contribution is -2.11. The fourth-order valence-corrected chi connectivity index (χ4v) is 1.70. The highest BCUT2D eigenvalue weighted by Gasteiger charge is 2.10. The van der Waals surface area contributed by atoms with Crippen LogP contribution >= 0.6 is 0 Å². The molecule has 0 unspecified atom stereocenters. The Kier molecular flexibility index (Phi) is 1.77. The summed E-state index contributed by atoms with van der Waals surface area (Å²) in [7, 11) is 0. The first-order chi connectivity index (χ1) is 6.61. The molecule has 2 aromatic heterocycles.